The number of carbonyl (C=O) groups excluding carboxylic acids is 1. The standard InChI is InChI=1S/C54H37F6N11O3S/c1-32-28-36(11-25-44(32)47-6-3-27-61-50(47)67-51(72)64-37-12-7-33(8-13-37)48-62-30-70(68-48)40-17-21-42(22-18-40)73-53(55,56)57)45-5-2-4-35-29-39(16-26-46(35)45)66-52(75)65-38-14-9-34(10-15-38)49-63-31-71(69-49)41-19-23-43(24-20-41)74-54(58,59)60/h2-31H,1H3,(H2,65,66,75)(H2,61,64,67,72). The predicted molar refractivity (Wildman–Crippen MR) is 277 cm³/mol. The van der Waals surface area contributed by atoms with E-state index in [0.717, 1.165) is 50.0 Å². The number of rotatable bonds is 12. The van der Waals surface area contributed by atoms with Crippen molar-refractivity contribution in [2.24, 2.45) is 0 Å². The molecule has 75 heavy (non-hydrogen) atoms. The first-order valence-corrected chi connectivity index (χ1v) is 23.0. The zero-order chi connectivity index (χ0) is 52.3. The normalized spacial score (nSPS) is 11.5. The van der Waals surface area contributed by atoms with E-state index in [-0.39, 0.29) is 11.5 Å². The van der Waals surface area contributed by atoms with Crippen molar-refractivity contribution in [3.63, 3.8) is 0 Å². The number of hydrogen-bond acceptors (Lipinski definition) is 9. The van der Waals surface area contributed by atoms with Gasteiger partial charge in [-0.1, -0.05) is 42.5 Å². The number of carbonyl (C=O) groups is 1. The quantitative estimate of drug-likeness (QED) is 0.0682. The van der Waals surface area contributed by atoms with Crippen molar-refractivity contribution >= 4 is 57.0 Å². The van der Waals surface area contributed by atoms with E-state index in [1.54, 1.807) is 36.5 Å². The van der Waals surface area contributed by atoms with Crippen LogP contribution >= 0.6 is 12.2 Å². The second kappa shape index (κ2) is 20.5. The Bertz CT molecular complexity index is 3700. The van der Waals surface area contributed by atoms with Crippen LogP contribution in [0, 0.1) is 6.92 Å². The van der Waals surface area contributed by atoms with Gasteiger partial charge in [-0.25, -0.2) is 29.1 Å². The minimum Gasteiger partial charge on any atom is -0.406 e. The molecule has 0 aliphatic carbocycles. The zero-order valence-electron chi connectivity index (χ0n) is 38.9. The van der Waals surface area contributed by atoms with Gasteiger partial charge in [-0.3, -0.25) is 5.32 Å². The van der Waals surface area contributed by atoms with E-state index in [0.29, 0.717) is 50.8 Å². The number of halogens is 6. The van der Waals surface area contributed by atoms with Gasteiger partial charge in [-0.05, 0) is 173 Å². The van der Waals surface area contributed by atoms with Crippen molar-refractivity contribution in [1.82, 2.24) is 34.5 Å². The Balaban J connectivity index is 0.751. The average molecular weight is 1030 g/mol. The summed E-state index contributed by atoms with van der Waals surface area (Å²) in [6, 6.07) is 46.1. The van der Waals surface area contributed by atoms with Crippen LogP contribution in [0.1, 0.15) is 5.56 Å². The number of nitrogens with zero attached hydrogens (tertiary/aromatic N) is 7. The molecule has 14 nitrogen and oxygen atoms in total. The van der Waals surface area contributed by atoms with Crippen LogP contribution in [0.4, 0.5) is 54.0 Å². The molecule has 0 saturated carbocycles. The molecule has 10 rings (SSSR count). The second-order valence-electron chi connectivity index (χ2n) is 16.6. The monoisotopic (exact) mass is 1030 g/mol. The van der Waals surface area contributed by atoms with Crippen LogP contribution in [0.15, 0.2) is 183 Å². The molecule has 4 N–H and O–H groups in total. The number of urea groups is 1. The molecule has 0 fully saturated rings. The lowest BCUT2D eigenvalue weighted by Gasteiger charge is -2.15. The van der Waals surface area contributed by atoms with Crippen LogP contribution in [0.25, 0.3) is 67.2 Å². The molecule has 3 heterocycles. The maximum absolute atomic E-state index is 13.3. The maximum Gasteiger partial charge on any atom is 0.573 e. The highest BCUT2D eigenvalue weighted by atomic mass is 32.1. The third kappa shape index (κ3) is 11.8. The number of nitrogens with one attached hydrogen (secondary N) is 4. The van der Waals surface area contributed by atoms with Gasteiger partial charge in [0.25, 0.3) is 0 Å². The number of aromatic nitrogens is 7. The van der Waals surface area contributed by atoms with Crippen LogP contribution < -0.4 is 30.7 Å². The molecule has 0 aliphatic heterocycles. The fraction of sp³-hybridized carbons (Fsp3) is 0.0556. The van der Waals surface area contributed by atoms with Gasteiger partial charge in [-0.15, -0.1) is 36.5 Å². The number of pyridine rings is 1. The summed E-state index contributed by atoms with van der Waals surface area (Å²) in [6.07, 6.45) is -5.07. The van der Waals surface area contributed by atoms with E-state index < -0.39 is 18.8 Å². The number of amides is 2. The maximum atomic E-state index is 13.3. The molecule has 3 aromatic heterocycles. The van der Waals surface area contributed by atoms with E-state index >= 15 is 0 Å². The molecular weight excluding hydrogens is 997 g/mol. The first kappa shape index (κ1) is 49.0. The molecule has 0 saturated heterocycles. The van der Waals surface area contributed by atoms with Crippen molar-refractivity contribution in [1.29, 1.82) is 0 Å². The average Bonchev–Trinajstić information content (AvgIpc) is 4.08. The summed E-state index contributed by atoms with van der Waals surface area (Å²) in [5.74, 6) is 0.461. The summed E-state index contributed by atoms with van der Waals surface area (Å²) in [4.78, 5) is 26.5. The molecular formula is C54H37F6N11O3S. The summed E-state index contributed by atoms with van der Waals surface area (Å²) >= 11 is 5.66. The highest BCUT2D eigenvalue weighted by molar-refractivity contribution is 7.80. The molecule has 0 aliphatic rings. The molecule has 0 atom stereocenters. The van der Waals surface area contributed by atoms with Gasteiger partial charge in [-0.2, -0.15) is 0 Å². The molecule has 374 valence electrons. The van der Waals surface area contributed by atoms with E-state index in [1.165, 1.54) is 70.5 Å². The van der Waals surface area contributed by atoms with Gasteiger partial charge < -0.3 is 25.4 Å². The lowest BCUT2D eigenvalue weighted by atomic mass is 9.93. The highest BCUT2D eigenvalue weighted by Gasteiger charge is 2.32. The first-order valence-electron chi connectivity index (χ1n) is 22.6. The van der Waals surface area contributed by atoms with Crippen molar-refractivity contribution in [3.05, 3.63) is 188 Å². The minimum absolute atomic E-state index is 0.334. The molecule has 2 amide bonds. The van der Waals surface area contributed by atoms with E-state index in [9.17, 15) is 31.1 Å². The van der Waals surface area contributed by atoms with Crippen LogP contribution in [-0.2, 0) is 0 Å². The summed E-state index contributed by atoms with van der Waals surface area (Å²) in [6.45, 7) is 2.00. The number of ether oxygens (including phenoxy) is 2. The van der Waals surface area contributed by atoms with Crippen molar-refractivity contribution in [2.75, 3.05) is 21.3 Å². The highest BCUT2D eigenvalue weighted by Crippen LogP contribution is 2.36. The van der Waals surface area contributed by atoms with Gasteiger partial charge in [0, 0.05) is 39.9 Å². The smallest absolute Gasteiger partial charge is 0.406 e. The van der Waals surface area contributed by atoms with Crippen molar-refractivity contribution < 1.29 is 40.6 Å². The summed E-state index contributed by atoms with van der Waals surface area (Å²) in [5.41, 5.74) is 8.93. The fourth-order valence-electron chi connectivity index (χ4n) is 8.08. The predicted octanol–water partition coefficient (Wildman–Crippen LogP) is 13.6. The third-order valence-corrected chi connectivity index (χ3v) is 11.7. The van der Waals surface area contributed by atoms with E-state index in [4.69, 9.17) is 12.2 Å². The number of benzene rings is 7. The molecule has 0 radical (unpaired) electrons. The SMILES string of the molecule is Cc1cc(-c2cccc3cc(NC(=S)Nc4ccc(-c5ncn(-c6ccc(OC(F)(F)F)cc6)n5)cc4)ccc23)ccc1-c1cccnc1NC(=O)Nc1ccc(-c2ncn(-c3ccc(OC(F)(F)F)cc3)n2)cc1. The number of thiocarbonyl (C=S) groups is 1. The minimum atomic E-state index is -4.79. The van der Waals surface area contributed by atoms with Crippen molar-refractivity contribution in [3.8, 4) is 67.9 Å². The van der Waals surface area contributed by atoms with Crippen LogP contribution in [0.3, 0.4) is 0 Å². The Morgan fingerprint density at radius 1 is 0.520 bits per heavy atom. The molecule has 0 spiro atoms. The van der Waals surface area contributed by atoms with Gasteiger partial charge >= 0.3 is 18.8 Å². The Morgan fingerprint density at radius 3 is 1.60 bits per heavy atom. The van der Waals surface area contributed by atoms with Gasteiger partial charge in [0.2, 0.25) is 0 Å². The molecule has 7 aromatic carbocycles. The first-order chi connectivity index (χ1) is 36.1. The Kier molecular flexibility index (Phi) is 13.4. The topological polar surface area (TPSA) is 158 Å². The number of aryl methyl sites for hydroxylation is 1. The van der Waals surface area contributed by atoms with Crippen LogP contribution in [0.5, 0.6) is 11.5 Å². The number of fused-ring (bicyclic) bond motifs is 1. The Morgan fingerprint density at radius 2 is 1.04 bits per heavy atom. The lowest BCUT2D eigenvalue weighted by molar-refractivity contribution is -0.275. The lowest BCUT2D eigenvalue weighted by Crippen LogP contribution is -2.20. The van der Waals surface area contributed by atoms with E-state index in [2.05, 4.69) is 68.0 Å². The van der Waals surface area contributed by atoms with E-state index in [1.807, 2.05) is 79.7 Å². The fourth-order valence-corrected chi connectivity index (χ4v) is 8.31. The number of hydrogen-bond donors (Lipinski definition) is 4. The summed E-state index contributed by atoms with van der Waals surface area (Å²) in [7, 11) is 0. The second-order valence-corrected chi connectivity index (χ2v) is 17.0. The van der Waals surface area contributed by atoms with Crippen LogP contribution in [-0.4, -0.2) is 58.4 Å². The summed E-state index contributed by atoms with van der Waals surface area (Å²) < 4.78 is 86.1. The molecule has 0 unspecified atom stereocenters. The number of alkyl halides is 6. The molecule has 0 bridgehead atoms. The van der Waals surface area contributed by atoms with Crippen molar-refractivity contribution in [2.45, 2.75) is 19.6 Å². The Labute approximate surface area is 427 Å². The molecule has 10 aromatic rings. The zero-order valence-corrected chi connectivity index (χ0v) is 39.7. The number of anilines is 4. The third-order valence-electron chi connectivity index (χ3n) is 11.5. The largest absolute Gasteiger partial charge is 0.573 e. The Hall–Kier alpha value is -9.63. The van der Waals surface area contributed by atoms with Gasteiger partial charge in [0.05, 0.1) is 11.4 Å². The van der Waals surface area contributed by atoms with Crippen LogP contribution in [0.2, 0.25) is 0 Å². The van der Waals surface area contributed by atoms with Gasteiger partial charge in [0.15, 0.2) is 16.8 Å². The van der Waals surface area contributed by atoms with Gasteiger partial charge in [0.1, 0.15) is 30.0 Å². The molecule has 21 heteroatoms. The summed E-state index contributed by atoms with van der Waals surface area (Å²) in [5, 5.41) is 23.5.